The molecule has 1 saturated heterocycles. The zero-order valence-corrected chi connectivity index (χ0v) is 11.8. The standard InChI is InChI=1S/C15H22N2O2/c1-15(2)18-13-5-4-11(7-14(13)19-15)12-6-10(8-16)9-17(12)3/h4-5,7,10,12H,6,8-9,16H2,1-3H3. The van der Waals surface area contributed by atoms with Crippen LogP contribution in [0.5, 0.6) is 11.5 Å². The van der Waals surface area contributed by atoms with Crippen molar-refractivity contribution >= 4 is 0 Å². The van der Waals surface area contributed by atoms with E-state index in [1.807, 2.05) is 19.9 Å². The van der Waals surface area contributed by atoms with E-state index in [9.17, 15) is 0 Å². The van der Waals surface area contributed by atoms with Crippen LogP contribution in [0.25, 0.3) is 0 Å². The van der Waals surface area contributed by atoms with Gasteiger partial charge in [-0.25, -0.2) is 0 Å². The summed E-state index contributed by atoms with van der Waals surface area (Å²) in [7, 11) is 2.16. The van der Waals surface area contributed by atoms with Crippen molar-refractivity contribution in [2.24, 2.45) is 11.7 Å². The molecule has 3 rings (SSSR count). The van der Waals surface area contributed by atoms with E-state index in [0.717, 1.165) is 31.0 Å². The third-order valence-corrected chi connectivity index (χ3v) is 4.03. The number of fused-ring (bicyclic) bond motifs is 1. The molecule has 2 unspecified atom stereocenters. The molecule has 0 saturated carbocycles. The Hall–Kier alpha value is -1.26. The van der Waals surface area contributed by atoms with Gasteiger partial charge >= 0.3 is 0 Å². The van der Waals surface area contributed by atoms with Gasteiger partial charge in [-0.1, -0.05) is 6.07 Å². The molecule has 0 aliphatic carbocycles. The first-order valence-electron chi connectivity index (χ1n) is 6.91. The molecule has 19 heavy (non-hydrogen) atoms. The maximum atomic E-state index is 5.82. The van der Waals surface area contributed by atoms with Crippen LogP contribution in [0.1, 0.15) is 31.9 Å². The van der Waals surface area contributed by atoms with E-state index < -0.39 is 5.79 Å². The van der Waals surface area contributed by atoms with Gasteiger partial charge in [0.15, 0.2) is 11.5 Å². The van der Waals surface area contributed by atoms with Crippen LogP contribution >= 0.6 is 0 Å². The van der Waals surface area contributed by atoms with Gasteiger partial charge in [-0.3, -0.25) is 4.90 Å². The van der Waals surface area contributed by atoms with Gasteiger partial charge in [0.2, 0.25) is 5.79 Å². The van der Waals surface area contributed by atoms with Gasteiger partial charge in [0.25, 0.3) is 0 Å². The maximum absolute atomic E-state index is 5.82. The predicted octanol–water partition coefficient (Wildman–Crippen LogP) is 2.15. The summed E-state index contributed by atoms with van der Waals surface area (Å²) in [6, 6.07) is 6.71. The summed E-state index contributed by atoms with van der Waals surface area (Å²) in [4.78, 5) is 2.38. The number of likely N-dealkylation sites (tertiary alicyclic amines) is 1. The second-order valence-electron chi connectivity index (χ2n) is 6.10. The normalized spacial score (nSPS) is 28.8. The second-order valence-corrected chi connectivity index (χ2v) is 6.10. The highest BCUT2D eigenvalue weighted by Gasteiger charge is 2.34. The van der Waals surface area contributed by atoms with Crippen LogP contribution < -0.4 is 15.2 Å². The number of hydrogen-bond acceptors (Lipinski definition) is 4. The van der Waals surface area contributed by atoms with E-state index in [1.165, 1.54) is 5.56 Å². The Balaban J connectivity index is 1.84. The minimum absolute atomic E-state index is 0.436. The zero-order chi connectivity index (χ0) is 13.6. The molecule has 0 spiro atoms. The topological polar surface area (TPSA) is 47.7 Å². The molecule has 0 radical (unpaired) electrons. The minimum Gasteiger partial charge on any atom is -0.449 e. The molecule has 2 aliphatic rings. The summed E-state index contributed by atoms with van der Waals surface area (Å²) in [5.74, 6) is 1.73. The highest BCUT2D eigenvalue weighted by Crippen LogP contribution is 2.43. The molecule has 1 aromatic carbocycles. The van der Waals surface area contributed by atoms with Gasteiger partial charge in [-0.2, -0.15) is 0 Å². The van der Waals surface area contributed by atoms with E-state index >= 15 is 0 Å². The van der Waals surface area contributed by atoms with Crippen molar-refractivity contribution in [3.05, 3.63) is 23.8 Å². The fraction of sp³-hybridized carbons (Fsp3) is 0.600. The largest absolute Gasteiger partial charge is 0.449 e. The average Bonchev–Trinajstić information content (AvgIpc) is 2.86. The zero-order valence-electron chi connectivity index (χ0n) is 11.8. The molecule has 1 fully saturated rings. The lowest BCUT2D eigenvalue weighted by Gasteiger charge is -2.19. The number of ether oxygens (including phenoxy) is 2. The Morgan fingerprint density at radius 1 is 1.32 bits per heavy atom. The molecule has 104 valence electrons. The lowest BCUT2D eigenvalue weighted by atomic mass is 9.99. The molecule has 0 aromatic heterocycles. The van der Waals surface area contributed by atoms with E-state index in [1.54, 1.807) is 0 Å². The first-order valence-corrected chi connectivity index (χ1v) is 6.91. The van der Waals surface area contributed by atoms with Crippen LogP contribution in [-0.2, 0) is 0 Å². The first kappa shape index (κ1) is 12.8. The van der Waals surface area contributed by atoms with Crippen molar-refractivity contribution < 1.29 is 9.47 Å². The smallest absolute Gasteiger partial charge is 0.246 e. The first-order chi connectivity index (χ1) is 8.98. The third-order valence-electron chi connectivity index (χ3n) is 4.03. The summed E-state index contributed by atoms with van der Waals surface area (Å²) >= 11 is 0. The van der Waals surface area contributed by atoms with Gasteiger partial charge < -0.3 is 15.2 Å². The molecule has 4 nitrogen and oxygen atoms in total. The van der Waals surface area contributed by atoms with Gasteiger partial charge in [-0.15, -0.1) is 0 Å². The van der Waals surface area contributed by atoms with E-state index in [0.29, 0.717) is 12.0 Å². The molecule has 4 heteroatoms. The molecular weight excluding hydrogens is 240 g/mol. The van der Waals surface area contributed by atoms with E-state index in [-0.39, 0.29) is 0 Å². The Labute approximate surface area is 114 Å². The SMILES string of the molecule is CN1CC(CN)CC1c1ccc2c(c1)OC(C)(C)O2. The van der Waals surface area contributed by atoms with Crippen LogP contribution in [0.2, 0.25) is 0 Å². The fourth-order valence-corrected chi connectivity index (χ4v) is 3.11. The Kier molecular flexibility index (Phi) is 2.95. The number of nitrogens with two attached hydrogens (primary N) is 1. The molecule has 2 N–H and O–H groups in total. The number of rotatable bonds is 2. The van der Waals surface area contributed by atoms with E-state index in [2.05, 4.69) is 24.1 Å². The van der Waals surface area contributed by atoms with E-state index in [4.69, 9.17) is 15.2 Å². The Morgan fingerprint density at radius 2 is 2.05 bits per heavy atom. The highest BCUT2D eigenvalue weighted by atomic mass is 16.7. The predicted molar refractivity (Wildman–Crippen MR) is 74.3 cm³/mol. The number of hydrogen-bond donors (Lipinski definition) is 1. The molecule has 2 heterocycles. The second kappa shape index (κ2) is 4.39. The Bertz CT molecular complexity index is 487. The van der Waals surface area contributed by atoms with Crippen molar-refractivity contribution in [3.8, 4) is 11.5 Å². The van der Waals surface area contributed by atoms with Crippen LogP contribution in [-0.4, -0.2) is 30.8 Å². The molecule has 1 aromatic rings. The summed E-state index contributed by atoms with van der Waals surface area (Å²) in [6.45, 7) is 5.69. The van der Waals surface area contributed by atoms with Crippen LogP contribution in [0, 0.1) is 5.92 Å². The van der Waals surface area contributed by atoms with Crippen LogP contribution in [0.3, 0.4) is 0 Å². The monoisotopic (exact) mass is 262 g/mol. The highest BCUT2D eigenvalue weighted by molar-refractivity contribution is 5.46. The summed E-state index contributed by atoms with van der Waals surface area (Å²) in [5.41, 5.74) is 7.08. The number of nitrogens with zero attached hydrogens (tertiary/aromatic N) is 1. The van der Waals surface area contributed by atoms with Gasteiger partial charge in [-0.05, 0) is 43.6 Å². The van der Waals surface area contributed by atoms with Crippen molar-refractivity contribution in [2.45, 2.75) is 32.1 Å². The van der Waals surface area contributed by atoms with Crippen molar-refractivity contribution in [1.82, 2.24) is 4.90 Å². The molecule has 0 bridgehead atoms. The molecule has 2 aliphatic heterocycles. The quantitative estimate of drug-likeness (QED) is 0.887. The van der Waals surface area contributed by atoms with Gasteiger partial charge in [0.05, 0.1) is 0 Å². The lowest BCUT2D eigenvalue weighted by molar-refractivity contribution is -0.0431. The van der Waals surface area contributed by atoms with Gasteiger partial charge in [0, 0.05) is 26.4 Å². The molecule has 0 amide bonds. The summed E-state index contributed by atoms with van der Waals surface area (Å²) in [5, 5.41) is 0. The average molecular weight is 262 g/mol. The molecule has 2 atom stereocenters. The van der Waals surface area contributed by atoms with Crippen LogP contribution in [0.4, 0.5) is 0 Å². The van der Waals surface area contributed by atoms with Crippen molar-refractivity contribution in [1.29, 1.82) is 0 Å². The van der Waals surface area contributed by atoms with Gasteiger partial charge in [0.1, 0.15) is 0 Å². The van der Waals surface area contributed by atoms with Crippen molar-refractivity contribution in [3.63, 3.8) is 0 Å². The summed E-state index contributed by atoms with van der Waals surface area (Å²) < 4.78 is 11.5. The minimum atomic E-state index is -0.553. The fourth-order valence-electron chi connectivity index (χ4n) is 3.11. The van der Waals surface area contributed by atoms with Crippen molar-refractivity contribution in [2.75, 3.05) is 20.1 Å². The maximum Gasteiger partial charge on any atom is 0.246 e. The molecular formula is C15H22N2O2. The third kappa shape index (κ3) is 2.30. The lowest BCUT2D eigenvalue weighted by Crippen LogP contribution is -2.29. The Morgan fingerprint density at radius 3 is 2.74 bits per heavy atom. The summed E-state index contributed by atoms with van der Waals surface area (Å²) in [6.07, 6.45) is 1.12. The number of benzene rings is 1. The van der Waals surface area contributed by atoms with Crippen LogP contribution in [0.15, 0.2) is 18.2 Å².